The van der Waals surface area contributed by atoms with Gasteiger partial charge in [-0.05, 0) is 18.2 Å². The highest BCUT2D eigenvalue weighted by atomic mass is 35.5. The third-order valence-electron chi connectivity index (χ3n) is 2.39. The van der Waals surface area contributed by atoms with Crippen LogP contribution in [0.3, 0.4) is 0 Å². The number of hydrogen-bond donors (Lipinski definition) is 1. The highest BCUT2D eigenvalue weighted by Crippen LogP contribution is 2.28. The van der Waals surface area contributed by atoms with E-state index in [1.54, 1.807) is 25.1 Å². The van der Waals surface area contributed by atoms with Gasteiger partial charge in [-0.3, -0.25) is 4.79 Å². The number of amides is 1. The van der Waals surface area contributed by atoms with Crippen molar-refractivity contribution < 1.29 is 9.53 Å². The summed E-state index contributed by atoms with van der Waals surface area (Å²) in [5.41, 5.74) is 0.729. The molecule has 7 heteroatoms. The molecule has 0 saturated carbocycles. The largest absolute Gasteiger partial charge is 0.486 e. The fourth-order valence-electron chi connectivity index (χ4n) is 1.38. The lowest BCUT2D eigenvalue weighted by molar-refractivity contribution is -0.115. The van der Waals surface area contributed by atoms with Gasteiger partial charge in [-0.25, -0.2) is 4.98 Å². The topological polar surface area (TPSA) is 51.2 Å². The quantitative estimate of drug-likeness (QED) is 0.885. The third-order valence-corrected chi connectivity index (χ3v) is 3.73. The van der Waals surface area contributed by atoms with Crippen LogP contribution in [0.2, 0.25) is 10.0 Å². The lowest BCUT2D eigenvalue weighted by Crippen LogP contribution is -2.09. The summed E-state index contributed by atoms with van der Waals surface area (Å²) in [5.74, 6) is 0.482. The highest BCUT2D eigenvalue weighted by molar-refractivity contribution is 7.13. The molecule has 0 bridgehead atoms. The van der Waals surface area contributed by atoms with Crippen LogP contribution in [-0.2, 0) is 11.4 Å². The molecule has 0 saturated heterocycles. The molecule has 20 heavy (non-hydrogen) atoms. The Hall–Kier alpha value is -1.30. The van der Waals surface area contributed by atoms with E-state index in [1.165, 1.54) is 11.3 Å². The maximum Gasteiger partial charge on any atom is 0.225 e. The Morgan fingerprint density at radius 2 is 2.25 bits per heavy atom. The first-order valence-corrected chi connectivity index (χ1v) is 7.54. The maximum absolute atomic E-state index is 11.2. The standard InChI is InChI=1S/C13H12Cl2N2O2S/c1-2-12(18)17-13-16-9(7-20-13)6-19-11-4-3-8(14)5-10(11)15/h3-5,7H,2,6H2,1H3,(H,16,17,18). The van der Waals surface area contributed by atoms with Gasteiger partial charge in [0, 0.05) is 16.8 Å². The Bertz CT molecular complexity index is 616. The van der Waals surface area contributed by atoms with Gasteiger partial charge in [-0.15, -0.1) is 11.3 Å². The molecule has 106 valence electrons. The predicted octanol–water partition coefficient (Wildman–Crippen LogP) is 4.38. The minimum atomic E-state index is -0.0624. The first-order chi connectivity index (χ1) is 9.58. The second kappa shape index (κ2) is 6.92. The van der Waals surface area contributed by atoms with Crippen molar-refractivity contribution in [2.45, 2.75) is 20.0 Å². The van der Waals surface area contributed by atoms with Crippen molar-refractivity contribution in [3.8, 4) is 5.75 Å². The molecule has 0 spiro atoms. The van der Waals surface area contributed by atoms with E-state index in [0.717, 1.165) is 5.69 Å². The number of carbonyl (C=O) groups is 1. The number of anilines is 1. The van der Waals surface area contributed by atoms with Gasteiger partial charge >= 0.3 is 0 Å². The summed E-state index contributed by atoms with van der Waals surface area (Å²) in [6, 6.07) is 5.03. The molecule has 1 aromatic carbocycles. The molecule has 0 aliphatic rings. The van der Waals surface area contributed by atoms with Crippen LogP contribution in [0.25, 0.3) is 0 Å². The first-order valence-electron chi connectivity index (χ1n) is 5.90. The SMILES string of the molecule is CCC(=O)Nc1nc(COc2ccc(Cl)cc2Cl)cs1. The zero-order valence-corrected chi connectivity index (χ0v) is 13.0. The van der Waals surface area contributed by atoms with E-state index in [-0.39, 0.29) is 12.5 Å². The van der Waals surface area contributed by atoms with E-state index >= 15 is 0 Å². The average Bonchev–Trinajstić information content (AvgIpc) is 2.85. The van der Waals surface area contributed by atoms with Gasteiger partial charge in [-0.1, -0.05) is 30.1 Å². The van der Waals surface area contributed by atoms with Gasteiger partial charge in [0.2, 0.25) is 5.91 Å². The van der Waals surface area contributed by atoms with Gasteiger partial charge < -0.3 is 10.1 Å². The maximum atomic E-state index is 11.2. The Morgan fingerprint density at radius 3 is 2.95 bits per heavy atom. The summed E-state index contributed by atoms with van der Waals surface area (Å²) >= 11 is 13.2. The van der Waals surface area contributed by atoms with Gasteiger partial charge in [0.15, 0.2) is 5.13 Å². The molecule has 1 N–H and O–H groups in total. The van der Waals surface area contributed by atoms with E-state index < -0.39 is 0 Å². The Kier molecular flexibility index (Phi) is 5.23. The van der Waals surface area contributed by atoms with E-state index in [0.29, 0.717) is 27.3 Å². The lowest BCUT2D eigenvalue weighted by atomic mass is 10.3. The predicted molar refractivity (Wildman–Crippen MR) is 81.8 cm³/mol. The van der Waals surface area contributed by atoms with Crippen molar-refractivity contribution in [1.29, 1.82) is 0 Å². The van der Waals surface area contributed by atoms with Crippen LogP contribution in [0.5, 0.6) is 5.75 Å². The van der Waals surface area contributed by atoms with Crippen LogP contribution < -0.4 is 10.1 Å². The number of rotatable bonds is 5. The summed E-state index contributed by atoms with van der Waals surface area (Å²) in [6.07, 6.45) is 0.422. The average molecular weight is 331 g/mol. The second-order valence-electron chi connectivity index (χ2n) is 3.91. The molecule has 1 aromatic heterocycles. The van der Waals surface area contributed by atoms with E-state index in [4.69, 9.17) is 27.9 Å². The number of benzene rings is 1. The Balaban J connectivity index is 1.95. The molecule has 0 unspecified atom stereocenters. The van der Waals surface area contributed by atoms with Gasteiger partial charge in [0.1, 0.15) is 12.4 Å². The number of thiazole rings is 1. The molecule has 0 aliphatic carbocycles. The van der Waals surface area contributed by atoms with Crippen molar-refractivity contribution in [1.82, 2.24) is 4.98 Å². The fraction of sp³-hybridized carbons (Fsp3) is 0.231. The van der Waals surface area contributed by atoms with E-state index in [1.807, 2.05) is 5.38 Å². The van der Waals surface area contributed by atoms with E-state index in [9.17, 15) is 4.79 Å². The zero-order valence-electron chi connectivity index (χ0n) is 10.7. The van der Waals surface area contributed by atoms with Crippen LogP contribution in [-0.4, -0.2) is 10.9 Å². The van der Waals surface area contributed by atoms with Crippen molar-refractivity contribution in [2.24, 2.45) is 0 Å². The van der Waals surface area contributed by atoms with Gasteiger partial charge in [0.05, 0.1) is 10.7 Å². The number of carbonyl (C=O) groups excluding carboxylic acids is 1. The molecular formula is C13H12Cl2N2O2S. The third kappa shape index (κ3) is 4.10. The number of halogens is 2. The summed E-state index contributed by atoms with van der Waals surface area (Å²) in [5, 5.41) is 6.10. The molecule has 0 aliphatic heterocycles. The van der Waals surface area contributed by atoms with Crippen LogP contribution in [0.15, 0.2) is 23.6 Å². The van der Waals surface area contributed by atoms with Crippen molar-refractivity contribution in [3.63, 3.8) is 0 Å². The minimum Gasteiger partial charge on any atom is -0.486 e. The van der Waals surface area contributed by atoms with Crippen LogP contribution in [0.4, 0.5) is 5.13 Å². The van der Waals surface area contributed by atoms with Gasteiger partial charge in [0.25, 0.3) is 0 Å². The molecule has 2 aromatic rings. The van der Waals surface area contributed by atoms with Crippen LogP contribution in [0, 0.1) is 0 Å². The fourth-order valence-corrected chi connectivity index (χ4v) is 2.56. The van der Waals surface area contributed by atoms with Gasteiger partial charge in [-0.2, -0.15) is 0 Å². The lowest BCUT2D eigenvalue weighted by Gasteiger charge is -2.06. The first kappa shape index (κ1) is 15.1. The molecular weight excluding hydrogens is 319 g/mol. The molecule has 0 fully saturated rings. The molecule has 0 atom stereocenters. The van der Waals surface area contributed by atoms with E-state index in [2.05, 4.69) is 10.3 Å². The summed E-state index contributed by atoms with van der Waals surface area (Å²) in [6.45, 7) is 2.06. The minimum absolute atomic E-state index is 0.0624. The zero-order chi connectivity index (χ0) is 14.5. The Morgan fingerprint density at radius 1 is 1.45 bits per heavy atom. The molecule has 0 radical (unpaired) electrons. The second-order valence-corrected chi connectivity index (χ2v) is 5.61. The smallest absolute Gasteiger partial charge is 0.225 e. The number of ether oxygens (including phenoxy) is 1. The highest BCUT2D eigenvalue weighted by Gasteiger charge is 2.07. The normalized spacial score (nSPS) is 10.3. The van der Waals surface area contributed by atoms with Crippen molar-refractivity contribution >= 4 is 45.6 Å². The van der Waals surface area contributed by atoms with Crippen molar-refractivity contribution in [3.05, 3.63) is 39.3 Å². The monoisotopic (exact) mass is 330 g/mol. The molecule has 4 nitrogen and oxygen atoms in total. The molecule has 1 amide bonds. The van der Waals surface area contributed by atoms with Crippen LogP contribution in [0.1, 0.15) is 19.0 Å². The molecule has 2 rings (SSSR count). The van der Waals surface area contributed by atoms with Crippen LogP contribution >= 0.6 is 34.5 Å². The number of nitrogens with one attached hydrogen (secondary N) is 1. The van der Waals surface area contributed by atoms with Crippen molar-refractivity contribution in [2.75, 3.05) is 5.32 Å². The number of hydrogen-bond acceptors (Lipinski definition) is 4. The summed E-state index contributed by atoms with van der Waals surface area (Å²) < 4.78 is 5.56. The summed E-state index contributed by atoms with van der Waals surface area (Å²) in [4.78, 5) is 15.5. The number of aromatic nitrogens is 1. The number of nitrogens with zero attached hydrogens (tertiary/aromatic N) is 1. The summed E-state index contributed by atoms with van der Waals surface area (Å²) in [7, 11) is 0. The Labute approximate surface area is 130 Å². The molecule has 1 heterocycles.